The van der Waals surface area contributed by atoms with Gasteiger partial charge in [-0.1, -0.05) is 0 Å². The van der Waals surface area contributed by atoms with Gasteiger partial charge in [-0.25, -0.2) is 22.0 Å². The van der Waals surface area contributed by atoms with Crippen molar-refractivity contribution in [1.29, 1.82) is 0 Å². The van der Waals surface area contributed by atoms with Crippen molar-refractivity contribution in [2.45, 2.75) is 36.3 Å². The smallest absolute Gasteiger partial charge is 0.381 e. The minimum atomic E-state index is -7.09. The zero-order valence-electron chi connectivity index (χ0n) is 8.47. The predicted molar refractivity (Wildman–Crippen MR) is 37.8 cm³/mol. The second-order valence-electron chi connectivity index (χ2n) is 3.40. The Kier molecular flexibility index (Phi) is 4.73. The monoisotopic (exact) mass is 314 g/mol. The lowest BCUT2D eigenvalue weighted by atomic mass is 9.97. The van der Waals surface area contributed by atoms with Crippen LogP contribution in [0.15, 0.2) is 0 Å². The summed E-state index contributed by atoms with van der Waals surface area (Å²) in [5.74, 6) is -26.2. The van der Waals surface area contributed by atoms with Gasteiger partial charge in [-0.3, -0.25) is 0 Å². The zero-order valence-corrected chi connectivity index (χ0v) is 8.47. The molecule has 12 heteroatoms. The Bertz CT molecular complexity index is 312. The Labute approximate surface area is 97.5 Å². The van der Waals surface area contributed by atoms with E-state index in [2.05, 4.69) is 0 Å². The molecule has 0 saturated heterocycles. The molecule has 0 rings (SSSR count). The normalized spacial score (nSPS) is 16.9. The Morgan fingerprint density at radius 1 is 0.737 bits per heavy atom. The SMILES string of the molecule is OCC(F)(F)C(F)C(F)(F)C(F)(F)C(F)(F)C(F)F. The predicted octanol–water partition coefficient (Wildman–Crippen LogP) is 3.12. The molecular weight excluding hydrogens is 309 g/mol. The zero-order chi connectivity index (χ0) is 15.9. The first-order valence-electron chi connectivity index (χ1n) is 4.20. The van der Waals surface area contributed by atoms with Crippen molar-refractivity contribution >= 4 is 0 Å². The summed E-state index contributed by atoms with van der Waals surface area (Å²) in [5.41, 5.74) is 0. The molecule has 1 unspecified atom stereocenters. The third-order valence-corrected chi connectivity index (χ3v) is 2.01. The Balaban J connectivity index is 5.64. The fourth-order valence-corrected chi connectivity index (χ4v) is 0.864. The van der Waals surface area contributed by atoms with Crippen molar-refractivity contribution < 1.29 is 53.4 Å². The first-order chi connectivity index (χ1) is 8.16. The third-order valence-electron chi connectivity index (χ3n) is 2.01. The number of halogens is 11. The molecule has 116 valence electrons. The first-order valence-corrected chi connectivity index (χ1v) is 4.20. The highest BCUT2D eigenvalue weighted by Crippen LogP contribution is 2.52. The molecule has 0 heterocycles. The van der Waals surface area contributed by atoms with Crippen molar-refractivity contribution in [3.05, 3.63) is 0 Å². The van der Waals surface area contributed by atoms with E-state index in [1.807, 2.05) is 0 Å². The highest BCUT2D eigenvalue weighted by atomic mass is 19.4. The number of alkyl halides is 11. The van der Waals surface area contributed by atoms with Gasteiger partial charge in [0.05, 0.1) is 0 Å². The lowest BCUT2D eigenvalue weighted by molar-refractivity contribution is -0.365. The van der Waals surface area contributed by atoms with Gasteiger partial charge in [-0.15, -0.1) is 0 Å². The summed E-state index contributed by atoms with van der Waals surface area (Å²) in [7, 11) is 0. The molecule has 19 heavy (non-hydrogen) atoms. The summed E-state index contributed by atoms with van der Waals surface area (Å²) in [6, 6.07) is 0. The second kappa shape index (κ2) is 4.94. The van der Waals surface area contributed by atoms with Crippen LogP contribution >= 0.6 is 0 Å². The Hall–Kier alpha value is -0.810. The fraction of sp³-hybridized carbons (Fsp3) is 1.00. The van der Waals surface area contributed by atoms with Crippen molar-refractivity contribution in [2.75, 3.05) is 6.61 Å². The van der Waals surface area contributed by atoms with E-state index >= 15 is 0 Å². The summed E-state index contributed by atoms with van der Waals surface area (Å²) in [4.78, 5) is 0. The van der Waals surface area contributed by atoms with E-state index in [0.717, 1.165) is 0 Å². The Morgan fingerprint density at radius 3 is 1.37 bits per heavy atom. The van der Waals surface area contributed by atoms with Crippen LogP contribution in [0.5, 0.6) is 0 Å². The molecule has 0 aliphatic carbocycles. The Morgan fingerprint density at radius 2 is 1.11 bits per heavy atom. The molecule has 0 radical (unpaired) electrons. The maximum atomic E-state index is 12.6. The van der Waals surface area contributed by atoms with Crippen LogP contribution in [0, 0.1) is 0 Å². The van der Waals surface area contributed by atoms with Crippen molar-refractivity contribution in [2.24, 2.45) is 0 Å². The fourth-order valence-electron chi connectivity index (χ4n) is 0.864. The summed E-state index contributed by atoms with van der Waals surface area (Å²) >= 11 is 0. The minimum absolute atomic E-state index is 2.71. The molecule has 0 aliphatic rings. The van der Waals surface area contributed by atoms with Crippen LogP contribution in [-0.4, -0.2) is 48.0 Å². The molecule has 0 aromatic carbocycles. The lowest BCUT2D eigenvalue weighted by Gasteiger charge is -2.35. The van der Waals surface area contributed by atoms with Gasteiger partial charge in [-0.05, 0) is 0 Å². The van der Waals surface area contributed by atoms with E-state index < -0.39 is 42.9 Å². The van der Waals surface area contributed by atoms with Crippen molar-refractivity contribution in [1.82, 2.24) is 0 Å². The van der Waals surface area contributed by atoms with Crippen LogP contribution < -0.4 is 0 Å². The molecule has 0 aromatic rings. The van der Waals surface area contributed by atoms with Crippen LogP contribution in [0.1, 0.15) is 0 Å². The van der Waals surface area contributed by atoms with Gasteiger partial charge in [0, 0.05) is 0 Å². The molecular formula is C7H5F11O. The number of aliphatic hydroxyl groups excluding tert-OH is 1. The lowest BCUT2D eigenvalue weighted by Crippen LogP contribution is -2.64. The highest BCUT2D eigenvalue weighted by Gasteiger charge is 2.80. The summed E-state index contributed by atoms with van der Waals surface area (Å²) < 4.78 is 135. The largest absolute Gasteiger partial charge is 0.390 e. The van der Waals surface area contributed by atoms with Crippen LogP contribution in [0.2, 0.25) is 0 Å². The molecule has 0 bridgehead atoms. The molecule has 1 atom stereocenters. The van der Waals surface area contributed by atoms with Crippen molar-refractivity contribution in [3.8, 4) is 0 Å². The van der Waals surface area contributed by atoms with E-state index in [1.165, 1.54) is 0 Å². The van der Waals surface area contributed by atoms with E-state index in [4.69, 9.17) is 5.11 Å². The molecule has 1 nitrogen and oxygen atoms in total. The van der Waals surface area contributed by atoms with Gasteiger partial charge >= 0.3 is 30.1 Å². The van der Waals surface area contributed by atoms with Crippen LogP contribution in [0.4, 0.5) is 48.3 Å². The van der Waals surface area contributed by atoms with E-state index in [-0.39, 0.29) is 0 Å². The number of aliphatic hydroxyl groups is 1. The van der Waals surface area contributed by atoms with E-state index in [0.29, 0.717) is 0 Å². The quantitative estimate of drug-likeness (QED) is 0.747. The molecule has 0 saturated carbocycles. The first kappa shape index (κ1) is 18.2. The second-order valence-corrected chi connectivity index (χ2v) is 3.40. The minimum Gasteiger partial charge on any atom is -0.390 e. The van der Waals surface area contributed by atoms with E-state index in [1.54, 1.807) is 0 Å². The van der Waals surface area contributed by atoms with Crippen LogP contribution in [-0.2, 0) is 0 Å². The van der Waals surface area contributed by atoms with Gasteiger partial charge in [0.25, 0.3) is 0 Å². The third kappa shape index (κ3) is 2.72. The number of rotatable bonds is 6. The molecule has 0 aromatic heterocycles. The summed E-state index contributed by atoms with van der Waals surface area (Å²) in [6.45, 7) is -2.71. The molecule has 1 N–H and O–H groups in total. The standard InChI is InChI=1S/C7H5F11O/c8-2(4(11,12)1-19)5(13,14)7(17,18)6(15,16)3(9)10/h2-3,19H,1H2. The van der Waals surface area contributed by atoms with Crippen LogP contribution in [0.3, 0.4) is 0 Å². The molecule has 0 aliphatic heterocycles. The van der Waals surface area contributed by atoms with Gasteiger partial charge < -0.3 is 5.11 Å². The van der Waals surface area contributed by atoms with Gasteiger partial charge in [-0.2, -0.15) is 26.3 Å². The average molecular weight is 314 g/mol. The summed E-state index contributed by atoms with van der Waals surface area (Å²) in [5, 5.41) is 7.80. The number of hydrogen-bond acceptors (Lipinski definition) is 1. The highest BCUT2D eigenvalue weighted by molar-refractivity contribution is 5.04. The van der Waals surface area contributed by atoms with Gasteiger partial charge in [0.15, 0.2) is 0 Å². The summed E-state index contributed by atoms with van der Waals surface area (Å²) in [6.07, 6.45) is -10.6. The maximum Gasteiger partial charge on any atom is 0.381 e. The van der Waals surface area contributed by atoms with Crippen LogP contribution in [0.25, 0.3) is 0 Å². The maximum absolute atomic E-state index is 12.6. The van der Waals surface area contributed by atoms with Gasteiger partial charge in [0.1, 0.15) is 6.61 Å². The van der Waals surface area contributed by atoms with Crippen molar-refractivity contribution in [3.63, 3.8) is 0 Å². The average Bonchev–Trinajstić information content (AvgIpc) is 2.26. The number of hydrogen-bond donors (Lipinski definition) is 1. The molecule has 0 spiro atoms. The van der Waals surface area contributed by atoms with Gasteiger partial charge in [0.2, 0.25) is 6.17 Å². The molecule has 0 amide bonds. The van der Waals surface area contributed by atoms with E-state index in [9.17, 15) is 48.3 Å². The molecule has 0 fully saturated rings. The topological polar surface area (TPSA) is 20.2 Å².